The zero-order chi connectivity index (χ0) is 13.9. The van der Waals surface area contributed by atoms with Crippen molar-refractivity contribution in [1.29, 1.82) is 0 Å². The van der Waals surface area contributed by atoms with Gasteiger partial charge in [0, 0.05) is 36.1 Å². The highest BCUT2D eigenvalue weighted by Crippen LogP contribution is 2.38. The summed E-state index contributed by atoms with van der Waals surface area (Å²) in [6, 6.07) is 6.66. The average molecular weight is 292 g/mol. The second-order valence-corrected chi connectivity index (χ2v) is 7.41. The van der Waals surface area contributed by atoms with Crippen LogP contribution in [-0.2, 0) is 0 Å². The fraction of sp³-hybridized carbons (Fsp3) is 0.765. The fourth-order valence-corrected chi connectivity index (χ4v) is 4.53. The molecular formula is C17H28N2S. The van der Waals surface area contributed by atoms with E-state index in [-0.39, 0.29) is 0 Å². The van der Waals surface area contributed by atoms with Crippen LogP contribution < -0.4 is 5.32 Å². The molecule has 0 bridgehead atoms. The van der Waals surface area contributed by atoms with E-state index in [4.69, 9.17) is 0 Å². The van der Waals surface area contributed by atoms with E-state index in [2.05, 4.69) is 41.6 Å². The Hall–Kier alpha value is -0.380. The molecule has 1 N–H and O–H groups in total. The van der Waals surface area contributed by atoms with Crippen molar-refractivity contribution in [3.8, 4) is 0 Å². The van der Waals surface area contributed by atoms with Gasteiger partial charge in [-0.1, -0.05) is 26.3 Å². The largest absolute Gasteiger partial charge is 0.311 e. The molecule has 2 aliphatic rings. The van der Waals surface area contributed by atoms with Crippen molar-refractivity contribution >= 4 is 11.3 Å². The van der Waals surface area contributed by atoms with Crippen LogP contribution in [0.25, 0.3) is 0 Å². The Balaban J connectivity index is 1.77. The van der Waals surface area contributed by atoms with E-state index >= 15 is 0 Å². The summed E-state index contributed by atoms with van der Waals surface area (Å²) in [7, 11) is 0. The van der Waals surface area contributed by atoms with Gasteiger partial charge in [-0.3, -0.25) is 4.90 Å². The summed E-state index contributed by atoms with van der Waals surface area (Å²) in [6.45, 7) is 7.10. The lowest BCUT2D eigenvalue weighted by atomic mass is 9.98. The minimum Gasteiger partial charge on any atom is -0.311 e. The molecule has 1 aromatic rings. The molecule has 1 aromatic heterocycles. The minimum atomic E-state index is 0.647. The van der Waals surface area contributed by atoms with Crippen LogP contribution in [0.4, 0.5) is 0 Å². The normalized spacial score (nSPS) is 29.5. The second-order valence-electron chi connectivity index (χ2n) is 6.43. The molecule has 0 spiro atoms. The topological polar surface area (TPSA) is 15.3 Å². The number of hydrogen-bond donors (Lipinski definition) is 1. The first kappa shape index (κ1) is 14.6. The maximum absolute atomic E-state index is 3.82. The summed E-state index contributed by atoms with van der Waals surface area (Å²) >= 11 is 1.94. The number of nitrogens with zero attached hydrogens (tertiary/aromatic N) is 1. The average Bonchev–Trinajstić information content (AvgIpc) is 3.20. The van der Waals surface area contributed by atoms with Gasteiger partial charge in [0.15, 0.2) is 0 Å². The van der Waals surface area contributed by atoms with Gasteiger partial charge in [0.1, 0.15) is 0 Å². The summed E-state index contributed by atoms with van der Waals surface area (Å²) in [5.74, 6) is 0.959. The Kier molecular flexibility index (Phi) is 4.79. The van der Waals surface area contributed by atoms with Crippen molar-refractivity contribution in [2.75, 3.05) is 13.1 Å². The van der Waals surface area contributed by atoms with Crippen LogP contribution in [0.5, 0.6) is 0 Å². The van der Waals surface area contributed by atoms with Crippen molar-refractivity contribution in [2.24, 2.45) is 5.92 Å². The predicted octanol–water partition coefficient (Wildman–Crippen LogP) is 4.05. The van der Waals surface area contributed by atoms with Crippen LogP contribution in [0.2, 0.25) is 0 Å². The van der Waals surface area contributed by atoms with Gasteiger partial charge in [0.25, 0.3) is 0 Å². The molecule has 1 aliphatic carbocycles. The van der Waals surface area contributed by atoms with Crippen LogP contribution in [0.1, 0.15) is 56.9 Å². The highest BCUT2D eigenvalue weighted by atomic mass is 32.1. The molecule has 0 radical (unpaired) electrons. The quantitative estimate of drug-likeness (QED) is 0.851. The van der Waals surface area contributed by atoms with Gasteiger partial charge in [-0.15, -0.1) is 11.3 Å². The first-order valence-electron chi connectivity index (χ1n) is 8.36. The lowest BCUT2D eigenvalue weighted by Crippen LogP contribution is -2.57. The highest BCUT2D eigenvalue weighted by Gasteiger charge is 2.39. The molecule has 3 atom stereocenters. The number of thiophene rings is 1. The monoisotopic (exact) mass is 292 g/mol. The summed E-state index contributed by atoms with van der Waals surface area (Å²) in [5, 5.41) is 6.05. The van der Waals surface area contributed by atoms with Gasteiger partial charge >= 0.3 is 0 Å². The Morgan fingerprint density at radius 3 is 2.85 bits per heavy atom. The van der Waals surface area contributed by atoms with Gasteiger partial charge in [0.2, 0.25) is 0 Å². The molecule has 112 valence electrons. The zero-order valence-electron chi connectivity index (χ0n) is 12.8. The van der Waals surface area contributed by atoms with Crippen molar-refractivity contribution in [2.45, 2.75) is 64.1 Å². The summed E-state index contributed by atoms with van der Waals surface area (Å²) in [6.07, 6.45) is 6.72. The third-order valence-corrected chi connectivity index (χ3v) is 5.96. The Morgan fingerprint density at radius 2 is 2.25 bits per heavy atom. The standard InChI is InChI=1S/C17H28N2S/c1-3-6-16(17-7-5-10-20-17)19-12-15(13-8-9-13)18-11-14(19)4-2/h5,7,10,13-16,18H,3-4,6,8-9,11-12H2,1-2H3. The van der Waals surface area contributed by atoms with E-state index in [0.29, 0.717) is 12.1 Å². The Bertz CT molecular complexity index is 399. The fourth-order valence-electron chi connectivity index (χ4n) is 3.65. The SMILES string of the molecule is CCCC(c1cccs1)N1CC(C2CC2)NCC1CC. The Labute approximate surface area is 127 Å². The minimum absolute atomic E-state index is 0.647. The number of piperazine rings is 1. The maximum atomic E-state index is 3.82. The van der Waals surface area contributed by atoms with Crippen molar-refractivity contribution < 1.29 is 0 Å². The van der Waals surface area contributed by atoms with Gasteiger partial charge < -0.3 is 5.32 Å². The first-order valence-corrected chi connectivity index (χ1v) is 9.24. The molecule has 2 heterocycles. The molecular weight excluding hydrogens is 264 g/mol. The van der Waals surface area contributed by atoms with E-state index in [9.17, 15) is 0 Å². The number of nitrogens with one attached hydrogen (secondary N) is 1. The van der Waals surface area contributed by atoms with E-state index in [1.54, 1.807) is 4.88 Å². The van der Waals surface area contributed by atoms with E-state index in [0.717, 1.165) is 12.0 Å². The molecule has 20 heavy (non-hydrogen) atoms. The van der Waals surface area contributed by atoms with Crippen molar-refractivity contribution in [3.63, 3.8) is 0 Å². The number of rotatable bonds is 6. The van der Waals surface area contributed by atoms with Crippen LogP contribution in [0.3, 0.4) is 0 Å². The lowest BCUT2D eigenvalue weighted by Gasteiger charge is -2.44. The van der Waals surface area contributed by atoms with Crippen LogP contribution in [-0.4, -0.2) is 30.1 Å². The van der Waals surface area contributed by atoms with Gasteiger partial charge in [-0.2, -0.15) is 0 Å². The van der Waals surface area contributed by atoms with Crippen LogP contribution >= 0.6 is 11.3 Å². The molecule has 1 aliphatic heterocycles. The Morgan fingerprint density at radius 1 is 1.40 bits per heavy atom. The molecule has 0 aromatic carbocycles. The molecule has 2 nitrogen and oxygen atoms in total. The van der Waals surface area contributed by atoms with Gasteiger partial charge in [0.05, 0.1) is 0 Å². The van der Waals surface area contributed by atoms with E-state index in [1.165, 1.54) is 45.2 Å². The van der Waals surface area contributed by atoms with Crippen molar-refractivity contribution in [3.05, 3.63) is 22.4 Å². The first-order chi connectivity index (χ1) is 9.83. The molecule has 1 saturated carbocycles. The van der Waals surface area contributed by atoms with E-state index < -0.39 is 0 Å². The molecule has 3 unspecified atom stereocenters. The van der Waals surface area contributed by atoms with Crippen LogP contribution in [0.15, 0.2) is 17.5 Å². The molecule has 3 heteroatoms. The molecule has 1 saturated heterocycles. The molecule has 0 amide bonds. The third-order valence-electron chi connectivity index (χ3n) is 4.99. The van der Waals surface area contributed by atoms with Crippen molar-refractivity contribution in [1.82, 2.24) is 10.2 Å². The summed E-state index contributed by atoms with van der Waals surface area (Å²) in [5.41, 5.74) is 0. The van der Waals surface area contributed by atoms with E-state index in [1.807, 2.05) is 11.3 Å². The lowest BCUT2D eigenvalue weighted by molar-refractivity contribution is 0.0694. The molecule has 2 fully saturated rings. The third kappa shape index (κ3) is 3.10. The maximum Gasteiger partial charge on any atom is 0.0445 e. The predicted molar refractivity (Wildman–Crippen MR) is 87.3 cm³/mol. The summed E-state index contributed by atoms with van der Waals surface area (Å²) in [4.78, 5) is 4.40. The molecule has 3 rings (SSSR count). The highest BCUT2D eigenvalue weighted by molar-refractivity contribution is 7.10. The smallest absolute Gasteiger partial charge is 0.0445 e. The van der Waals surface area contributed by atoms with Gasteiger partial charge in [-0.25, -0.2) is 0 Å². The zero-order valence-corrected chi connectivity index (χ0v) is 13.7. The summed E-state index contributed by atoms with van der Waals surface area (Å²) < 4.78 is 0. The second kappa shape index (κ2) is 6.59. The number of hydrogen-bond acceptors (Lipinski definition) is 3. The van der Waals surface area contributed by atoms with Crippen LogP contribution in [0, 0.1) is 5.92 Å². The van der Waals surface area contributed by atoms with Gasteiger partial charge in [-0.05, 0) is 43.0 Å².